The Bertz CT molecular complexity index is 511. The summed E-state index contributed by atoms with van der Waals surface area (Å²) in [5.41, 5.74) is 0.0921. The van der Waals surface area contributed by atoms with Crippen LogP contribution in [0.4, 0.5) is 10.1 Å². The van der Waals surface area contributed by atoms with Gasteiger partial charge in [-0.25, -0.2) is 4.39 Å². The Kier molecular flexibility index (Phi) is 3.77. The van der Waals surface area contributed by atoms with Crippen molar-refractivity contribution in [2.45, 2.75) is 44.8 Å². The van der Waals surface area contributed by atoms with E-state index >= 15 is 0 Å². The maximum absolute atomic E-state index is 13.7. The fourth-order valence-electron chi connectivity index (χ4n) is 2.90. The van der Waals surface area contributed by atoms with Gasteiger partial charge in [0.15, 0.2) is 0 Å². The predicted molar refractivity (Wildman–Crippen MR) is 72.4 cm³/mol. The molecule has 1 aromatic carbocycles. The first-order valence-electron chi connectivity index (χ1n) is 6.70. The first kappa shape index (κ1) is 13.8. The molecule has 1 N–H and O–H groups in total. The Hall–Kier alpha value is -1.60. The fourth-order valence-corrected chi connectivity index (χ4v) is 2.90. The van der Waals surface area contributed by atoms with Crippen molar-refractivity contribution in [1.82, 2.24) is 0 Å². The minimum Gasteiger partial charge on any atom is -0.388 e. The number of nitrogens with zero attached hydrogens (tertiary/aromatic N) is 2. The SMILES string of the molecule is CCC[C@]1(O)CCN(c2ccc(C#N)c(F)c2)[C@H]1C. The molecule has 1 aromatic rings. The lowest BCUT2D eigenvalue weighted by Gasteiger charge is -2.32. The van der Waals surface area contributed by atoms with Gasteiger partial charge in [-0.3, -0.25) is 0 Å². The van der Waals surface area contributed by atoms with Crippen LogP contribution in [0.5, 0.6) is 0 Å². The predicted octanol–water partition coefficient (Wildman–Crippen LogP) is 2.83. The average Bonchev–Trinajstić information content (AvgIpc) is 2.67. The van der Waals surface area contributed by atoms with Crippen molar-refractivity contribution < 1.29 is 9.50 Å². The summed E-state index contributed by atoms with van der Waals surface area (Å²) in [5.74, 6) is -0.502. The van der Waals surface area contributed by atoms with Gasteiger partial charge < -0.3 is 10.0 Å². The van der Waals surface area contributed by atoms with Crippen LogP contribution < -0.4 is 4.90 Å². The number of nitriles is 1. The Morgan fingerprint density at radius 1 is 1.58 bits per heavy atom. The highest BCUT2D eigenvalue weighted by molar-refractivity contribution is 5.52. The molecule has 4 heteroatoms. The van der Waals surface area contributed by atoms with E-state index in [-0.39, 0.29) is 11.6 Å². The van der Waals surface area contributed by atoms with Gasteiger partial charge in [-0.1, -0.05) is 13.3 Å². The molecule has 102 valence electrons. The van der Waals surface area contributed by atoms with E-state index in [1.165, 1.54) is 12.1 Å². The molecule has 0 spiro atoms. The van der Waals surface area contributed by atoms with E-state index in [9.17, 15) is 9.50 Å². The van der Waals surface area contributed by atoms with Crippen molar-refractivity contribution in [1.29, 1.82) is 5.26 Å². The summed E-state index contributed by atoms with van der Waals surface area (Å²) in [4.78, 5) is 2.01. The van der Waals surface area contributed by atoms with Gasteiger partial charge in [0.1, 0.15) is 11.9 Å². The van der Waals surface area contributed by atoms with Crippen molar-refractivity contribution in [3.05, 3.63) is 29.6 Å². The molecule has 0 amide bonds. The molecule has 19 heavy (non-hydrogen) atoms. The second-order valence-corrected chi connectivity index (χ2v) is 5.25. The summed E-state index contributed by atoms with van der Waals surface area (Å²) >= 11 is 0. The standard InChI is InChI=1S/C15H19FN2O/c1-3-6-15(19)7-8-18(11(15)2)13-5-4-12(10-17)14(16)9-13/h4-5,9,11,19H,3,6-8H2,1-2H3/t11-,15-/m0/s1. The fraction of sp³-hybridized carbons (Fsp3) is 0.533. The van der Waals surface area contributed by atoms with Crippen molar-refractivity contribution in [3.63, 3.8) is 0 Å². The molecule has 3 nitrogen and oxygen atoms in total. The lowest BCUT2D eigenvalue weighted by Crippen LogP contribution is -2.42. The van der Waals surface area contributed by atoms with Crippen LogP contribution in [0.25, 0.3) is 0 Å². The number of aliphatic hydroxyl groups is 1. The van der Waals surface area contributed by atoms with Gasteiger partial charge in [0.05, 0.1) is 17.2 Å². The van der Waals surface area contributed by atoms with E-state index < -0.39 is 11.4 Å². The second-order valence-electron chi connectivity index (χ2n) is 5.25. The van der Waals surface area contributed by atoms with Gasteiger partial charge in [0.25, 0.3) is 0 Å². The van der Waals surface area contributed by atoms with Crippen molar-refractivity contribution in [2.75, 3.05) is 11.4 Å². The van der Waals surface area contributed by atoms with Gasteiger partial charge in [-0.05, 0) is 38.0 Å². The van der Waals surface area contributed by atoms with Crippen LogP contribution in [0.15, 0.2) is 18.2 Å². The van der Waals surface area contributed by atoms with Crippen LogP contribution in [0.1, 0.15) is 38.7 Å². The third kappa shape index (κ3) is 2.43. The van der Waals surface area contributed by atoms with Crippen LogP contribution in [-0.4, -0.2) is 23.3 Å². The molecule has 0 unspecified atom stereocenters. The molecule has 0 aromatic heterocycles. The van der Waals surface area contributed by atoms with E-state index in [2.05, 4.69) is 6.92 Å². The highest BCUT2D eigenvalue weighted by Gasteiger charge is 2.42. The lowest BCUT2D eigenvalue weighted by molar-refractivity contribution is 0.0273. The molecule has 1 saturated heterocycles. The van der Waals surface area contributed by atoms with E-state index in [1.807, 2.05) is 17.9 Å². The summed E-state index contributed by atoms with van der Waals surface area (Å²) in [6.45, 7) is 4.73. The number of benzene rings is 1. The van der Waals surface area contributed by atoms with Gasteiger partial charge in [-0.15, -0.1) is 0 Å². The summed E-state index contributed by atoms with van der Waals surface area (Å²) < 4.78 is 13.7. The largest absolute Gasteiger partial charge is 0.388 e. The van der Waals surface area contributed by atoms with E-state index in [1.54, 1.807) is 6.07 Å². The Morgan fingerprint density at radius 2 is 2.32 bits per heavy atom. The highest BCUT2D eigenvalue weighted by Crippen LogP contribution is 2.36. The number of hydrogen-bond donors (Lipinski definition) is 1. The molecule has 1 fully saturated rings. The number of hydrogen-bond acceptors (Lipinski definition) is 3. The van der Waals surface area contributed by atoms with Gasteiger partial charge >= 0.3 is 0 Å². The Morgan fingerprint density at radius 3 is 2.89 bits per heavy atom. The van der Waals surface area contributed by atoms with Crippen LogP contribution in [0.3, 0.4) is 0 Å². The third-order valence-electron chi connectivity index (χ3n) is 4.12. The molecule has 0 bridgehead atoms. The van der Waals surface area contributed by atoms with Crippen LogP contribution >= 0.6 is 0 Å². The molecule has 0 aliphatic carbocycles. The zero-order chi connectivity index (χ0) is 14.0. The van der Waals surface area contributed by atoms with Crippen LogP contribution in [0, 0.1) is 17.1 Å². The number of halogens is 1. The second kappa shape index (κ2) is 5.18. The molecule has 1 aliphatic heterocycles. The molecular weight excluding hydrogens is 243 g/mol. The molecular formula is C15H19FN2O. The van der Waals surface area contributed by atoms with E-state index in [4.69, 9.17) is 5.26 Å². The molecule has 2 rings (SSSR count). The molecule has 0 radical (unpaired) electrons. The van der Waals surface area contributed by atoms with Gasteiger partial charge in [0.2, 0.25) is 0 Å². The first-order valence-corrected chi connectivity index (χ1v) is 6.70. The summed E-state index contributed by atoms with van der Waals surface area (Å²) in [6.07, 6.45) is 2.38. The maximum atomic E-state index is 13.7. The normalized spacial score (nSPS) is 26.5. The maximum Gasteiger partial charge on any atom is 0.143 e. The summed E-state index contributed by atoms with van der Waals surface area (Å²) in [7, 11) is 0. The quantitative estimate of drug-likeness (QED) is 0.911. The van der Waals surface area contributed by atoms with Gasteiger partial charge in [0, 0.05) is 12.2 Å². The minimum absolute atomic E-state index is 0.0419. The Labute approximate surface area is 113 Å². The lowest BCUT2D eigenvalue weighted by atomic mass is 9.90. The molecule has 2 atom stereocenters. The van der Waals surface area contributed by atoms with Crippen molar-refractivity contribution in [3.8, 4) is 6.07 Å². The minimum atomic E-state index is -0.695. The zero-order valence-electron chi connectivity index (χ0n) is 11.4. The monoisotopic (exact) mass is 262 g/mol. The van der Waals surface area contributed by atoms with Gasteiger partial charge in [-0.2, -0.15) is 5.26 Å². The zero-order valence-corrected chi connectivity index (χ0v) is 11.4. The van der Waals surface area contributed by atoms with E-state index in [0.29, 0.717) is 13.0 Å². The molecule has 0 saturated carbocycles. The average molecular weight is 262 g/mol. The van der Waals surface area contributed by atoms with Crippen molar-refractivity contribution in [2.24, 2.45) is 0 Å². The third-order valence-corrected chi connectivity index (χ3v) is 4.12. The first-order chi connectivity index (χ1) is 9.01. The number of rotatable bonds is 3. The van der Waals surface area contributed by atoms with E-state index in [0.717, 1.165) is 18.5 Å². The number of anilines is 1. The van der Waals surface area contributed by atoms with Crippen molar-refractivity contribution >= 4 is 5.69 Å². The smallest absolute Gasteiger partial charge is 0.143 e. The molecule has 1 heterocycles. The van der Waals surface area contributed by atoms with Crippen LogP contribution in [-0.2, 0) is 0 Å². The van der Waals surface area contributed by atoms with Crippen LogP contribution in [0.2, 0.25) is 0 Å². The molecule has 1 aliphatic rings. The topological polar surface area (TPSA) is 47.3 Å². The summed E-state index contributed by atoms with van der Waals surface area (Å²) in [5, 5.41) is 19.3. The highest BCUT2D eigenvalue weighted by atomic mass is 19.1. The Balaban J connectivity index is 2.25. The summed E-state index contributed by atoms with van der Waals surface area (Å²) in [6, 6.07) is 6.40.